The van der Waals surface area contributed by atoms with Crippen molar-refractivity contribution in [3.8, 4) is 0 Å². The largest absolute Gasteiger partial charge is 0.370 e. The molecule has 1 heterocycles. The summed E-state index contributed by atoms with van der Waals surface area (Å²) in [6.45, 7) is 7.24. The summed E-state index contributed by atoms with van der Waals surface area (Å²) in [6, 6.07) is 3.01. The van der Waals surface area contributed by atoms with Crippen molar-refractivity contribution in [1.29, 1.82) is 0 Å². The maximum atomic E-state index is 5.99. The van der Waals surface area contributed by atoms with Crippen molar-refractivity contribution in [3.63, 3.8) is 0 Å². The van der Waals surface area contributed by atoms with Crippen molar-refractivity contribution in [2.24, 2.45) is 16.6 Å². The highest BCUT2D eigenvalue weighted by molar-refractivity contribution is 14.0. The maximum absolute atomic E-state index is 5.99. The Balaban J connectivity index is 0.00000288. The minimum absolute atomic E-state index is 0. The summed E-state index contributed by atoms with van der Waals surface area (Å²) in [5.41, 5.74) is 6.98. The van der Waals surface area contributed by atoms with Crippen LogP contribution in [0.3, 0.4) is 0 Å². The molecular weight excluding hydrogens is 413 g/mol. The number of hydrogen-bond acceptors (Lipinski definition) is 2. The smallest absolute Gasteiger partial charge is 0.189 e. The Morgan fingerprint density at radius 1 is 1.33 bits per heavy atom. The number of halogens is 1. The molecule has 0 amide bonds. The van der Waals surface area contributed by atoms with E-state index in [0.717, 1.165) is 18.0 Å². The predicted molar refractivity (Wildman–Crippen MR) is 112 cm³/mol. The Morgan fingerprint density at radius 3 is 2.71 bits per heavy atom. The van der Waals surface area contributed by atoms with Crippen LogP contribution in [0.5, 0.6) is 0 Å². The van der Waals surface area contributed by atoms with E-state index in [0.29, 0.717) is 24.6 Å². The van der Waals surface area contributed by atoms with E-state index in [4.69, 9.17) is 5.73 Å². The van der Waals surface area contributed by atoms with Gasteiger partial charge >= 0.3 is 0 Å². The lowest BCUT2D eigenvalue weighted by atomic mass is 10.0. The van der Waals surface area contributed by atoms with E-state index in [1.807, 2.05) is 0 Å². The zero-order valence-electron chi connectivity index (χ0n) is 15.4. The van der Waals surface area contributed by atoms with E-state index in [1.54, 1.807) is 0 Å². The zero-order chi connectivity index (χ0) is 16.7. The quantitative estimate of drug-likeness (QED) is 0.356. The number of aliphatic imine (C=N–C) groups is 1. The van der Waals surface area contributed by atoms with Gasteiger partial charge in [-0.3, -0.25) is 4.68 Å². The van der Waals surface area contributed by atoms with Gasteiger partial charge in [-0.25, -0.2) is 4.99 Å². The molecule has 1 aliphatic rings. The molecule has 0 radical (unpaired) electrons. The molecule has 1 aromatic rings. The van der Waals surface area contributed by atoms with Crippen LogP contribution in [0.4, 0.5) is 0 Å². The highest BCUT2D eigenvalue weighted by Crippen LogP contribution is 2.28. The van der Waals surface area contributed by atoms with Crippen LogP contribution in [0.2, 0.25) is 0 Å². The van der Waals surface area contributed by atoms with Crippen LogP contribution in [0.15, 0.2) is 17.3 Å². The highest BCUT2D eigenvalue weighted by Gasteiger charge is 2.17. The van der Waals surface area contributed by atoms with Crippen LogP contribution in [0.25, 0.3) is 0 Å². The van der Waals surface area contributed by atoms with Crippen LogP contribution >= 0.6 is 24.0 Å². The predicted octanol–water partition coefficient (Wildman–Crippen LogP) is 4.24. The van der Waals surface area contributed by atoms with E-state index in [1.165, 1.54) is 38.5 Å². The number of hydrogen-bond donors (Lipinski definition) is 2. The zero-order valence-corrected chi connectivity index (χ0v) is 17.7. The van der Waals surface area contributed by atoms with E-state index < -0.39 is 0 Å². The van der Waals surface area contributed by atoms with Crippen LogP contribution in [-0.2, 0) is 6.54 Å². The lowest BCUT2D eigenvalue weighted by molar-refractivity contribution is 0.463. The number of guanidine groups is 1. The van der Waals surface area contributed by atoms with Crippen LogP contribution in [-0.4, -0.2) is 21.8 Å². The SMILES string of the molecule is CC(C)CCCC(C)NC(N)=NCc1ccn(C2CCCC2)n1.I. The molecule has 1 saturated carbocycles. The number of nitrogens with two attached hydrogens (primary N) is 1. The standard InChI is InChI=1S/C18H33N5.HI/c1-14(2)7-6-8-15(3)21-18(19)20-13-16-11-12-23(22-16)17-9-4-5-10-17;/h11-12,14-15,17H,4-10,13H2,1-3H3,(H3,19,20,21);1H. The number of nitrogens with zero attached hydrogens (tertiary/aromatic N) is 3. The fourth-order valence-electron chi connectivity index (χ4n) is 3.20. The molecular formula is C18H34IN5. The molecule has 138 valence electrons. The molecule has 0 spiro atoms. The van der Waals surface area contributed by atoms with E-state index in [-0.39, 0.29) is 24.0 Å². The van der Waals surface area contributed by atoms with Gasteiger partial charge in [0.2, 0.25) is 0 Å². The van der Waals surface area contributed by atoms with Crippen molar-refractivity contribution in [2.75, 3.05) is 0 Å². The summed E-state index contributed by atoms with van der Waals surface area (Å²) in [4.78, 5) is 4.43. The van der Waals surface area contributed by atoms with E-state index in [2.05, 4.69) is 53.1 Å². The molecule has 1 atom stereocenters. The maximum Gasteiger partial charge on any atom is 0.189 e. The van der Waals surface area contributed by atoms with Crippen molar-refractivity contribution >= 4 is 29.9 Å². The van der Waals surface area contributed by atoms with Crippen molar-refractivity contribution in [2.45, 2.75) is 84.3 Å². The Morgan fingerprint density at radius 2 is 2.04 bits per heavy atom. The first-order valence-corrected chi connectivity index (χ1v) is 9.15. The van der Waals surface area contributed by atoms with Gasteiger partial charge in [0.25, 0.3) is 0 Å². The Labute approximate surface area is 163 Å². The van der Waals surface area contributed by atoms with Crippen molar-refractivity contribution in [1.82, 2.24) is 15.1 Å². The third kappa shape index (κ3) is 7.40. The number of nitrogens with one attached hydrogen (secondary N) is 1. The van der Waals surface area contributed by atoms with Crippen molar-refractivity contribution in [3.05, 3.63) is 18.0 Å². The molecule has 1 aromatic heterocycles. The van der Waals surface area contributed by atoms with Gasteiger partial charge in [-0.15, -0.1) is 24.0 Å². The summed E-state index contributed by atoms with van der Waals surface area (Å²) in [5.74, 6) is 1.29. The first kappa shape index (κ1) is 21.3. The third-order valence-electron chi connectivity index (χ3n) is 4.59. The van der Waals surface area contributed by atoms with Crippen LogP contribution < -0.4 is 11.1 Å². The Kier molecular flexibility index (Phi) is 9.69. The molecule has 2 rings (SSSR count). The van der Waals surface area contributed by atoms with Crippen molar-refractivity contribution < 1.29 is 0 Å². The van der Waals surface area contributed by atoms with Gasteiger partial charge in [0, 0.05) is 12.2 Å². The average molecular weight is 447 g/mol. The topological polar surface area (TPSA) is 68.2 Å². The van der Waals surface area contributed by atoms with Gasteiger partial charge in [0.05, 0.1) is 18.3 Å². The normalized spacial score (nSPS) is 17.1. The van der Waals surface area contributed by atoms with Gasteiger partial charge < -0.3 is 11.1 Å². The summed E-state index contributed by atoms with van der Waals surface area (Å²) in [6.07, 6.45) is 10.9. The van der Waals surface area contributed by atoms with Gasteiger partial charge in [-0.05, 0) is 38.2 Å². The summed E-state index contributed by atoms with van der Waals surface area (Å²) in [7, 11) is 0. The molecule has 1 unspecified atom stereocenters. The van der Waals surface area contributed by atoms with Crippen LogP contribution in [0.1, 0.15) is 77.5 Å². The number of aromatic nitrogens is 2. The van der Waals surface area contributed by atoms with Gasteiger partial charge in [0.15, 0.2) is 5.96 Å². The molecule has 5 nitrogen and oxygen atoms in total. The summed E-state index contributed by atoms with van der Waals surface area (Å²) < 4.78 is 2.11. The first-order valence-electron chi connectivity index (χ1n) is 9.15. The molecule has 6 heteroatoms. The van der Waals surface area contributed by atoms with E-state index in [9.17, 15) is 0 Å². The lowest BCUT2D eigenvalue weighted by Crippen LogP contribution is -2.38. The second-order valence-corrected chi connectivity index (χ2v) is 7.30. The Bertz CT molecular complexity index is 491. The van der Waals surface area contributed by atoms with Crippen LogP contribution in [0, 0.1) is 5.92 Å². The van der Waals surface area contributed by atoms with Gasteiger partial charge in [-0.2, -0.15) is 5.10 Å². The summed E-state index contributed by atoms with van der Waals surface area (Å²) >= 11 is 0. The minimum Gasteiger partial charge on any atom is -0.370 e. The molecule has 0 aliphatic heterocycles. The molecule has 0 saturated heterocycles. The molecule has 1 fully saturated rings. The lowest BCUT2D eigenvalue weighted by Gasteiger charge is -2.14. The minimum atomic E-state index is 0. The number of rotatable bonds is 8. The monoisotopic (exact) mass is 447 g/mol. The van der Waals surface area contributed by atoms with Gasteiger partial charge in [-0.1, -0.05) is 39.5 Å². The second kappa shape index (κ2) is 10.9. The molecule has 24 heavy (non-hydrogen) atoms. The fraction of sp³-hybridized carbons (Fsp3) is 0.778. The molecule has 0 aromatic carbocycles. The van der Waals surface area contributed by atoms with E-state index >= 15 is 0 Å². The fourth-order valence-corrected chi connectivity index (χ4v) is 3.20. The average Bonchev–Trinajstić information content (AvgIpc) is 3.15. The Hall–Kier alpha value is -0.790. The third-order valence-corrected chi connectivity index (χ3v) is 4.59. The highest BCUT2D eigenvalue weighted by atomic mass is 127. The molecule has 3 N–H and O–H groups in total. The second-order valence-electron chi connectivity index (χ2n) is 7.30. The van der Waals surface area contributed by atoms with Gasteiger partial charge in [0.1, 0.15) is 0 Å². The molecule has 0 bridgehead atoms. The molecule has 1 aliphatic carbocycles. The summed E-state index contributed by atoms with van der Waals surface area (Å²) in [5, 5.41) is 7.92. The first-order chi connectivity index (χ1) is 11.0.